The fraction of sp³-hybridized carbons (Fsp3) is 0.0294. The predicted octanol–water partition coefficient (Wildman–Crippen LogP) is 8.87. The maximum absolute atomic E-state index is 16.3. The van der Waals surface area contributed by atoms with Crippen LogP contribution >= 0.6 is 0 Å². The summed E-state index contributed by atoms with van der Waals surface area (Å²) < 4.78 is 81.0. The quantitative estimate of drug-likeness (QED) is 0.192. The van der Waals surface area contributed by atoms with Crippen molar-refractivity contribution in [3.8, 4) is 40.2 Å². The van der Waals surface area contributed by atoms with Crippen LogP contribution in [-0.2, 0) is 6.18 Å². The maximum Gasteiger partial charge on any atom is 0.420 e. The molecule has 7 rings (SSSR count). The number of nitriles is 1. The monoisotopic (exact) mass is 591 g/mol. The van der Waals surface area contributed by atoms with Gasteiger partial charge in [-0.2, -0.15) is 18.4 Å². The molecule has 44 heavy (non-hydrogen) atoms. The molecule has 7 aromatic rings. The summed E-state index contributed by atoms with van der Waals surface area (Å²) in [5, 5.41) is 10.1. The van der Waals surface area contributed by atoms with Gasteiger partial charge >= 0.3 is 6.18 Å². The van der Waals surface area contributed by atoms with Crippen LogP contribution < -0.4 is 0 Å². The standard InChI is InChI=1S/C34H18F5N5/c35-28-22(19-40)30(43-25-17-9-7-15-23(25)41-32(43)20-11-3-1-4-12-20)27(34(37,38)39)31(29(28)36)44-26-18-10-8-16-24(26)42-33(44)21-13-5-2-6-14-21/h1-18H. The molecule has 0 fully saturated rings. The molecule has 0 N–H and O–H groups in total. The summed E-state index contributed by atoms with van der Waals surface area (Å²) in [6.45, 7) is 0. The number of imidazole rings is 2. The molecular formula is C34H18F5N5. The van der Waals surface area contributed by atoms with Gasteiger partial charge in [-0.1, -0.05) is 84.9 Å². The van der Waals surface area contributed by atoms with Crippen molar-refractivity contribution in [1.82, 2.24) is 19.1 Å². The summed E-state index contributed by atoms with van der Waals surface area (Å²) in [5.41, 5.74) is -3.01. The lowest BCUT2D eigenvalue weighted by Crippen LogP contribution is -2.21. The van der Waals surface area contributed by atoms with Gasteiger partial charge in [0.25, 0.3) is 0 Å². The van der Waals surface area contributed by atoms with Gasteiger partial charge in [-0.25, -0.2) is 18.7 Å². The summed E-state index contributed by atoms with van der Waals surface area (Å²) in [6.07, 6.45) is -5.27. The van der Waals surface area contributed by atoms with E-state index in [0.717, 1.165) is 9.13 Å². The van der Waals surface area contributed by atoms with Crippen molar-refractivity contribution in [2.45, 2.75) is 6.18 Å². The van der Waals surface area contributed by atoms with Crippen molar-refractivity contribution in [3.63, 3.8) is 0 Å². The lowest BCUT2D eigenvalue weighted by Gasteiger charge is -2.24. The molecule has 0 bridgehead atoms. The second-order valence-corrected chi connectivity index (χ2v) is 9.94. The summed E-state index contributed by atoms with van der Waals surface area (Å²) >= 11 is 0. The van der Waals surface area contributed by atoms with E-state index in [9.17, 15) is 5.26 Å². The highest BCUT2D eigenvalue weighted by Gasteiger charge is 2.44. The molecule has 0 saturated carbocycles. The first-order chi connectivity index (χ1) is 21.3. The average molecular weight is 592 g/mol. The molecule has 10 heteroatoms. The molecule has 0 amide bonds. The van der Waals surface area contributed by atoms with Crippen LogP contribution in [0.3, 0.4) is 0 Å². The van der Waals surface area contributed by atoms with Gasteiger partial charge in [-0.05, 0) is 24.3 Å². The van der Waals surface area contributed by atoms with Gasteiger partial charge < -0.3 is 0 Å². The largest absolute Gasteiger partial charge is 0.420 e. The van der Waals surface area contributed by atoms with Crippen molar-refractivity contribution in [2.24, 2.45) is 0 Å². The van der Waals surface area contributed by atoms with Gasteiger partial charge in [0.2, 0.25) is 0 Å². The molecule has 2 aromatic heterocycles. The Bertz CT molecular complexity index is 2240. The fourth-order valence-electron chi connectivity index (χ4n) is 5.54. The Hall–Kier alpha value is -5.82. The van der Waals surface area contributed by atoms with E-state index in [0.29, 0.717) is 16.6 Å². The molecule has 0 radical (unpaired) electrons. The highest BCUT2D eigenvalue weighted by Crippen LogP contribution is 2.46. The summed E-state index contributed by atoms with van der Waals surface area (Å²) in [7, 11) is 0. The first kappa shape index (κ1) is 27.0. The second-order valence-electron chi connectivity index (χ2n) is 9.94. The van der Waals surface area contributed by atoms with Gasteiger partial charge in [0, 0.05) is 11.1 Å². The third kappa shape index (κ3) is 4.13. The van der Waals surface area contributed by atoms with Crippen molar-refractivity contribution in [3.05, 3.63) is 132 Å². The normalized spacial score (nSPS) is 11.7. The number of hydrogen-bond donors (Lipinski definition) is 0. The third-order valence-electron chi connectivity index (χ3n) is 7.36. The topological polar surface area (TPSA) is 59.4 Å². The number of para-hydroxylation sites is 4. The molecule has 0 aliphatic rings. The zero-order chi connectivity index (χ0) is 30.6. The van der Waals surface area contributed by atoms with Crippen LogP contribution in [0.5, 0.6) is 0 Å². The van der Waals surface area contributed by atoms with Crippen LogP contribution in [0.2, 0.25) is 0 Å². The molecule has 0 aliphatic heterocycles. The van der Waals surface area contributed by atoms with Crippen molar-refractivity contribution >= 4 is 22.1 Å². The minimum atomic E-state index is -5.27. The van der Waals surface area contributed by atoms with Gasteiger partial charge in [-0.15, -0.1) is 0 Å². The smallest absolute Gasteiger partial charge is 0.290 e. The van der Waals surface area contributed by atoms with Crippen LogP contribution in [0.4, 0.5) is 22.0 Å². The minimum absolute atomic E-state index is 0.0181. The van der Waals surface area contributed by atoms with E-state index in [1.165, 1.54) is 18.2 Å². The number of nitrogens with zero attached hydrogens (tertiary/aromatic N) is 5. The lowest BCUT2D eigenvalue weighted by molar-refractivity contribution is -0.137. The van der Waals surface area contributed by atoms with Crippen molar-refractivity contribution < 1.29 is 22.0 Å². The Balaban J connectivity index is 1.72. The Labute approximate surface area is 246 Å². The Kier molecular flexibility index (Phi) is 6.25. The highest BCUT2D eigenvalue weighted by molar-refractivity contribution is 5.87. The van der Waals surface area contributed by atoms with Gasteiger partial charge in [0.05, 0.1) is 27.8 Å². The number of hydrogen-bond acceptors (Lipinski definition) is 3. The van der Waals surface area contributed by atoms with Crippen LogP contribution in [0.25, 0.3) is 56.2 Å². The predicted molar refractivity (Wildman–Crippen MR) is 156 cm³/mol. The summed E-state index contributed by atoms with van der Waals surface area (Å²) in [6, 6.07) is 30.7. The van der Waals surface area contributed by atoms with E-state index < -0.39 is 40.3 Å². The molecule has 0 unspecified atom stereocenters. The maximum atomic E-state index is 16.3. The van der Waals surface area contributed by atoms with E-state index in [2.05, 4.69) is 9.97 Å². The molecular weight excluding hydrogens is 573 g/mol. The number of fused-ring (bicyclic) bond motifs is 2. The Morgan fingerprint density at radius 3 is 1.45 bits per heavy atom. The first-order valence-electron chi connectivity index (χ1n) is 13.4. The van der Waals surface area contributed by atoms with Crippen molar-refractivity contribution in [1.29, 1.82) is 5.26 Å². The van der Waals surface area contributed by atoms with Crippen LogP contribution in [0.15, 0.2) is 109 Å². The molecule has 0 aliphatic carbocycles. The Morgan fingerprint density at radius 2 is 1.00 bits per heavy atom. The van der Waals surface area contributed by atoms with Crippen LogP contribution in [-0.4, -0.2) is 19.1 Å². The molecule has 0 spiro atoms. The van der Waals surface area contributed by atoms with Gasteiger partial charge in [-0.3, -0.25) is 9.13 Å². The molecule has 214 valence electrons. The fourth-order valence-corrected chi connectivity index (χ4v) is 5.54. The Morgan fingerprint density at radius 1 is 0.568 bits per heavy atom. The van der Waals surface area contributed by atoms with E-state index >= 15 is 22.0 Å². The van der Waals surface area contributed by atoms with Crippen LogP contribution in [0.1, 0.15) is 11.1 Å². The zero-order valence-corrected chi connectivity index (χ0v) is 22.5. The number of benzene rings is 5. The van der Waals surface area contributed by atoms with Gasteiger partial charge in [0.15, 0.2) is 11.6 Å². The lowest BCUT2D eigenvalue weighted by atomic mass is 10.0. The average Bonchev–Trinajstić information content (AvgIpc) is 3.61. The zero-order valence-electron chi connectivity index (χ0n) is 22.5. The van der Waals surface area contributed by atoms with E-state index in [-0.39, 0.29) is 28.2 Å². The van der Waals surface area contributed by atoms with E-state index in [4.69, 9.17) is 0 Å². The molecule has 5 nitrogen and oxygen atoms in total. The molecule has 5 aromatic carbocycles. The van der Waals surface area contributed by atoms with Crippen LogP contribution in [0, 0.1) is 23.0 Å². The minimum Gasteiger partial charge on any atom is -0.290 e. The number of halogens is 5. The highest BCUT2D eigenvalue weighted by atomic mass is 19.4. The molecule has 0 atom stereocenters. The van der Waals surface area contributed by atoms with E-state index in [1.807, 2.05) is 0 Å². The van der Waals surface area contributed by atoms with Crippen molar-refractivity contribution in [2.75, 3.05) is 0 Å². The molecule has 2 heterocycles. The summed E-state index contributed by atoms with van der Waals surface area (Å²) in [5.74, 6) is -3.57. The molecule has 0 saturated heterocycles. The third-order valence-corrected chi connectivity index (χ3v) is 7.36. The van der Waals surface area contributed by atoms with E-state index in [1.54, 1.807) is 97.1 Å². The first-order valence-corrected chi connectivity index (χ1v) is 13.4. The number of alkyl halides is 3. The van der Waals surface area contributed by atoms with Gasteiger partial charge in [0.1, 0.15) is 34.5 Å². The second kappa shape index (κ2) is 10.2. The number of aromatic nitrogens is 4. The SMILES string of the molecule is N#Cc1c(F)c(F)c(-n2c(-c3ccccc3)nc3ccccc32)c(C(F)(F)F)c1-n1c(-c2ccccc2)nc2ccccc21. The summed E-state index contributed by atoms with van der Waals surface area (Å²) in [4.78, 5) is 9.09. The number of rotatable bonds is 4.